The number of anilines is 2. The van der Waals surface area contributed by atoms with Gasteiger partial charge in [-0.2, -0.15) is 0 Å². The van der Waals surface area contributed by atoms with Gasteiger partial charge in [0, 0.05) is 26.8 Å². The molecule has 0 amide bonds. The number of pyridine rings is 1. The highest BCUT2D eigenvalue weighted by atomic mass is 15.2. The molecule has 1 N–H and O–H groups in total. The summed E-state index contributed by atoms with van der Waals surface area (Å²) in [5, 5.41) is 3.56. The molecule has 4 heteroatoms. The van der Waals surface area contributed by atoms with Crippen molar-refractivity contribution in [3.05, 3.63) is 18.3 Å². The minimum absolute atomic E-state index is 0.788. The van der Waals surface area contributed by atoms with Gasteiger partial charge < -0.3 is 15.1 Å². The topological polar surface area (TPSA) is 31.4 Å². The van der Waals surface area contributed by atoms with Crippen molar-refractivity contribution in [2.24, 2.45) is 5.92 Å². The van der Waals surface area contributed by atoms with Crippen LogP contribution in [-0.4, -0.2) is 50.7 Å². The molecule has 0 atom stereocenters. The van der Waals surface area contributed by atoms with Crippen LogP contribution in [0, 0.1) is 5.92 Å². The van der Waals surface area contributed by atoms with Gasteiger partial charge in [0.2, 0.25) is 0 Å². The highest BCUT2D eigenvalue weighted by Crippen LogP contribution is 2.22. The molecular formula is C14H24N4. The Balaban J connectivity index is 1.90. The first-order chi connectivity index (χ1) is 8.66. The molecule has 0 saturated carbocycles. The zero-order valence-electron chi connectivity index (χ0n) is 11.7. The molecule has 100 valence electrons. The zero-order valence-corrected chi connectivity index (χ0v) is 11.7. The molecule has 0 aliphatic carbocycles. The number of nitrogens with zero attached hydrogens (tertiary/aromatic N) is 3. The molecule has 1 saturated heterocycles. The van der Waals surface area contributed by atoms with Gasteiger partial charge in [0.15, 0.2) is 5.82 Å². The molecule has 0 aromatic carbocycles. The molecule has 1 aliphatic heterocycles. The monoisotopic (exact) mass is 248 g/mol. The second-order valence-electron chi connectivity index (χ2n) is 5.40. The van der Waals surface area contributed by atoms with Crippen LogP contribution in [0.2, 0.25) is 0 Å². The maximum absolute atomic E-state index is 4.41. The van der Waals surface area contributed by atoms with Gasteiger partial charge >= 0.3 is 0 Å². The molecule has 0 radical (unpaired) electrons. The van der Waals surface area contributed by atoms with Crippen molar-refractivity contribution in [2.75, 3.05) is 51.0 Å². The summed E-state index contributed by atoms with van der Waals surface area (Å²) in [4.78, 5) is 8.87. The molecule has 2 heterocycles. The SMILES string of the molecule is CN1CCC(CNc2cccnc2N(C)C)CC1. The van der Waals surface area contributed by atoms with Gasteiger partial charge in [0.25, 0.3) is 0 Å². The van der Waals surface area contributed by atoms with E-state index >= 15 is 0 Å². The maximum Gasteiger partial charge on any atom is 0.151 e. The van der Waals surface area contributed by atoms with Crippen LogP contribution in [-0.2, 0) is 0 Å². The third-order valence-corrected chi connectivity index (χ3v) is 3.63. The Labute approximate surface area is 110 Å². The number of likely N-dealkylation sites (tertiary alicyclic amines) is 1. The Morgan fingerprint density at radius 3 is 2.78 bits per heavy atom. The Hall–Kier alpha value is -1.29. The van der Waals surface area contributed by atoms with E-state index in [-0.39, 0.29) is 0 Å². The molecule has 0 unspecified atom stereocenters. The first kappa shape index (κ1) is 13.1. The molecule has 0 spiro atoms. The summed E-state index contributed by atoms with van der Waals surface area (Å²) in [6.07, 6.45) is 4.43. The lowest BCUT2D eigenvalue weighted by Crippen LogP contribution is -2.33. The number of hydrogen-bond donors (Lipinski definition) is 1. The predicted octanol–water partition coefficient (Wildman–Crippen LogP) is 1.90. The quantitative estimate of drug-likeness (QED) is 0.882. The van der Waals surface area contributed by atoms with E-state index in [1.54, 1.807) is 0 Å². The smallest absolute Gasteiger partial charge is 0.151 e. The van der Waals surface area contributed by atoms with E-state index in [1.165, 1.54) is 25.9 Å². The van der Waals surface area contributed by atoms with E-state index < -0.39 is 0 Å². The highest BCUT2D eigenvalue weighted by Gasteiger charge is 2.16. The lowest BCUT2D eigenvalue weighted by Gasteiger charge is -2.29. The van der Waals surface area contributed by atoms with E-state index in [2.05, 4.69) is 33.2 Å². The molecule has 1 aromatic heterocycles. The van der Waals surface area contributed by atoms with Crippen LogP contribution in [0.5, 0.6) is 0 Å². The Morgan fingerprint density at radius 2 is 2.11 bits per heavy atom. The highest BCUT2D eigenvalue weighted by molar-refractivity contribution is 5.64. The fourth-order valence-corrected chi connectivity index (χ4v) is 2.41. The van der Waals surface area contributed by atoms with Crippen molar-refractivity contribution in [1.29, 1.82) is 0 Å². The average molecular weight is 248 g/mol. The fraction of sp³-hybridized carbons (Fsp3) is 0.643. The normalized spacial score (nSPS) is 17.7. The van der Waals surface area contributed by atoms with Crippen LogP contribution < -0.4 is 10.2 Å². The van der Waals surface area contributed by atoms with Gasteiger partial charge in [-0.05, 0) is 51.0 Å². The van der Waals surface area contributed by atoms with Gasteiger partial charge in [-0.25, -0.2) is 4.98 Å². The van der Waals surface area contributed by atoms with Crippen LogP contribution in [0.1, 0.15) is 12.8 Å². The third kappa shape index (κ3) is 3.35. The van der Waals surface area contributed by atoms with Gasteiger partial charge in [0.05, 0.1) is 5.69 Å². The van der Waals surface area contributed by atoms with Crippen molar-refractivity contribution in [3.63, 3.8) is 0 Å². The number of hydrogen-bond acceptors (Lipinski definition) is 4. The first-order valence-corrected chi connectivity index (χ1v) is 6.71. The van der Waals surface area contributed by atoms with Crippen LogP contribution in [0.25, 0.3) is 0 Å². The minimum Gasteiger partial charge on any atom is -0.382 e. The summed E-state index contributed by atoms with van der Waals surface area (Å²) in [7, 11) is 6.26. The van der Waals surface area contributed by atoms with E-state index in [4.69, 9.17) is 0 Å². The van der Waals surface area contributed by atoms with Crippen molar-refractivity contribution < 1.29 is 0 Å². The summed E-state index contributed by atoms with van der Waals surface area (Å²) in [5.74, 6) is 1.81. The molecule has 4 nitrogen and oxygen atoms in total. The maximum atomic E-state index is 4.41. The minimum atomic E-state index is 0.788. The largest absolute Gasteiger partial charge is 0.382 e. The summed E-state index contributed by atoms with van der Waals surface area (Å²) in [5.41, 5.74) is 1.14. The van der Waals surface area contributed by atoms with Crippen molar-refractivity contribution in [3.8, 4) is 0 Å². The molecular weight excluding hydrogens is 224 g/mol. The molecule has 1 aliphatic rings. The fourth-order valence-electron chi connectivity index (χ4n) is 2.41. The summed E-state index contributed by atoms with van der Waals surface area (Å²) < 4.78 is 0. The molecule has 1 aromatic rings. The Bertz CT molecular complexity index is 370. The van der Waals surface area contributed by atoms with Gasteiger partial charge in [-0.3, -0.25) is 0 Å². The number of piperidine rings is 1. The Kier molecular flexibility index (Phi) is 4.42. The standard InChI is InChI=1S/C14H24N4/c1-17(2)14-13(5-4-8-15-14)16-11-12-6-9-18(3)10-7-12/h4-5,8,12,16H,6-7,9-11H2,1-3H3. The average Bonchev–Trinajstić information content (AvgIpc) is 2.38. The summed E-state index contributed by atoms with van der Waals surface area (Å²) in [6.45, 7) is 3.50. The number of nitrogens with one attached hydrogen (secondary N) is 1. The van der Waals surface area contributed by atoms with E-state index in [0.29, 0.717) is 0 Å². The molecule has 0 bridgehead atoms. The van der Waals surface area contributed by atoms with Crippen LogP contribution in [0.3, 0.4) is 0 Å². The lowest BCUT2D eigenvalue weighted by atomic mass is 9.97. The van der Waals surface area contributed by atoms with Gasteiger partial charge in [-0.1, -0.05) is 0 Å². The van der Waals surface area contributed by atoms with Crippen molar-refractivity contribution in [2.45, 2.75) is 12.8 Å². The van der Waals surface area contributed by atoms with E-state index in [9.17, 15) is 0 Å². The third-order valence-electron chi connectivity index (χ3n) is 3.63. The Morgan fingerprint density at radius 1 is 1.39 bits per heavy atom. The van der Waals surface area contributed by atoms with Crippen LogP contribution in [0.15, 0.2) is 18.3 Å². The number of rotatable bonds is 4. The predicted molar refractivity (Wildman–Crippen MR) is 77.3 cm³/mol. The zero-order chi connectivity index (χ0) is 13.0. The summed E-state index contributed by atoms with van der Waals surface area (Å²) in [6, 6.07) is 4.10. The van der Waals surface area contributed by atoms with Crippen LogP contribution in [0.4, 0.5) is 11.5 Å². The first-order valence-electron chi connectivity index (χ1n) is 6.71. The molecule has 2 rings (SSSR count). The number of aromatic nitrogens is 1. The van der Waals surface area contributed by atoms with Gasteiger partial charge in [0.1, 0.15) is 0 Å². The second-order valence-corrected chi connectivity index (χ2v) is 5.40. The second kappa shape index (κ2) is 6.05. The van der Waals surface area contributed by atoms with Crippen LogP contribution >= 0.6 is 0 Å². The summed E-state index contributed by atoms with van der Waals surface area (Å²) >= 11 is 0. The lowest BCUT2D eigenvalue weighted by molar-refractivity contribution is 0.226. The van der Waals surface area contributed by atoms with E-state index in [1.807, 2.05) is 26.4 Å². The van der Waals surface area contributed by atoms with Gasteiger partial charge in [-0.15, -0.1) is 0 Å². The molecule has 18 heavy (non-hydrogen) atoms. The molecule has 1 fully saturated rings. The van der Waals surface area contributed by atoms with Crippen molar-refractivity contribution >= 4 is 11.5 Å². The van der Waals surface area contributed by atoms with E-state index in [0.717, 1.165) is 24.0 Å². The van der Waals surface area contributed by atoms with Crippen molar-refractivity contribution in [1.82, 2.24) is 9.88 Å².